The van der Waals surface area contributed by atoms with Gasteiger partial charge in [0.05, 0.1) is 10.6 Å². The number of carbonyl (C=O) groups is 4. The van der Waals surface area contributed by atoms with Crippen molar-refractivity contribution in [2.45, 2.75) is 25.4 Å². The van der Waals surface area contributed by atoms with Crippen LogP contribution in [-0.2, 0) is 16.1 Å². The van der Waals surface area contributed by atoms with Crippen LogP contribution in [0.3, 0.4) is 0 Å². The lowest BCUT2D eigenvalue weighted by molar-refractivity contribution is -0.139. The number of hydrogen-bond donors (Lipinski definition) is 4. The molecule has 0 saturated carbocycles. The first-order chi connectivity index (χ1) is 21.1. The van der Waals surface area contributed by atoms with Gasteiger partial charge in [0.2, 0.25) is 0 Å². The van der Waals surface area contributed by atoms with Crippen molar-refractivity contribution >= 4 is 35.5 Å². The largest absolute Gasteiger partial charge is 0.508 e. The molecule has 0 fully saturated rings. The number of amides is 3. The Morgan fingerprint density at radius 3 is 2.18 bits per heavy atom. The minimum atomic E-state index is -1.33. The summed E-state index contributed by atoms with van der Waals surface area (Å²) < 4.78 is 5.60. The summed E-state index contributed by atoms with van der Waals surface area (Å²) in [6.07, 6.45) is -1.12. The lowest BCUT2D eigenvalue weighted by Crippen LogP contribution is -2.53. The lowest BCUT2D eigenvalue weighted by Gasteiger charge is -2.24. The van der Waals surface area contributed by atoms with Crippen LogP contribution in [0.15, 0.2) is 91.0 Å². The Balaban J connectivity index is 1.32. The van der Waals surface area contributed by atoms with Crippen LogP contribution in [-0.4, -0.2) is 51.7 Å². The number of carboxylic acids is 1. The Bertz CT molecular complexity index is 1710. The van der Waals surface area contributed by atoms with Gasteiger partial charge in [0.25, 0.3) is 11.8 Å². The minimum Gasteiger partial charge on any atom is -0.508 e. The van der Waals surface area contributed by atoms with E-state index < -0.39 is 29.9 Å². The molecule has 0 spiro atoms. The van der Waals surface area contributed by atoms with Gasteiger partial charge in [-0.15, -0.1) is 0 Å². The van der Waals surface area contributed by atoms with Crippen LogP contribution in [0.25, 0.3) is 11.1 Å². The van der Waals surface area contributed by atoms with E-state index in [1.165, 1.54) is 37.3 Å². The smallest absolute Gasteiger partial charge is 0.431 e. The summed E-state index contributed by atoms with van der Waals surface area (Å²) >= 11 is 6.39. The Labute approximate surface area is 257 Å². The molecule has 0 radical (unpaired) electrons. The van der Waals surface area contributed by atoms with Gasteiger partial charge >= 0.3 is 12.1 Å². The molecule has 1 aliphatic rings. The molecule has 3 amide bonds. The average Bonchev–Trinajstić information content (AvgIpc) is 3.34. The molecule has 0 unspecified atom stereocenters. The highest BCUT2D eigenvalue weighted by Gasteiger charge is 2.33. The predicted octanol–water partition coefficient (Wildman–Crippen LogP) is 5.34. The summed E-state index contributed by atoms with van der Waals surface area (Å²) in [6, 6.07) is 24.5. The third kappa shape index (κ3) is 6.41. The van der Waals surface area contributed by atoms with Gasteiger partial charge in [-0.3, -0.25) is 14.4 Å². The van der Waals surface area contributed by atoms with Crippen molar-refractivity contribution in [3.8, 4) is 16.9 Å². The molecule has 0 aliphatic heterocycles. The normalized spacial score (nSPS) is 12.5. The number of aromatic hydroxyl groups is 1. The molecule has 0 saturated heterocycles. The number of ether oxygens (including phenoxy) is 1. The van der Waals surface area contributed by atoms with Crippen LogP contribution >= 0.6 is 11.6 Å². The zero-order chi connectivity index (χ0) is 31.4. The molecule has 10 nitrogen and oxygen atoms in total. The van der Waals surface area contributed by atoms with E-state index in [0.29, 0.717) is 10.6 Å². The van der Waals surface area contributed by atoms with Gasteiger partial charge in [0.15, 0.2) is 0 Å². The van der Waals surface area contributed by atoms with Crippen LogP contribution in [0, 0.1) is 0 Å². The van der Waals surface area contributed by atoms with Gasteiger partial charge in [-0.1, -0.05) is 72.3 Å². The molecule has 1 atom stereocenters. The maximum atomic E-state index is 13.5. The fourth-order valence-electron chi connectivity index (χ4n) is 5.00. The van der Waals surface area contributed by atoms with Gasteiger partial charge < -0.3 is 20.3 Å². The van der Waals surface area contributed by atoms with Gasteiger partial charge in [-0.25, -0.2) is 10.2 Å². The van der Waals surface area contributed by atoms with E-state index in [9.17, 15) is 29.4 Å². The van der Waals surface area contributed by atoms with Crippen molar-refractivity contribution in [1.29, 1.82) is 0 Å². The zero-order valence-electron chi connectivity index (χ0n) is 23.5. The second kappa shape index (κ2) is 13.0. The minimum absolute atomic E-state index is 0.0643. The first-order valence-electron chi connectivity index (χ1n) is 13.7. The van der Waals surface area contributed by atoms with Crippen molar-refractivity contribution in [2.75, 3.05) is 6.61 Å². The quantitative estimate of drug-likeness (QED) is 0.185. The molecule has 0 heterocycles. The second-order valence-corrected chi connectivity index (χ2v) is 10.6. The summed E-state index contributed by atoms with van der Waals surface area (Å²) in [5, 5.41) is 22.1. The molecule has 0 bridgehead atoms. The van der Waals surface area contributed by atoms with Gasteiger partial charge in [0.1, 0.15) is 18.4 Å². The summed E-state index contributed by atoms with van der Waals surface area (Å²) in [4.78, 5) is 51.2. The number of hydrogen-bond acceptors (Lipinski definition) is 7. The monoisotopic (exact) mass is 613 g/mol. The number of carboxylic acid groups (broad SMARTS) is 1. The summed E-state index contributed by atoms with van der Waals surface area (Å²) in [5.74, 6) is -2.98. The number of benzene rings is 4. The molecule has 224 valence electrons. The number of halogens is 1. The van der Waals surface area contributed by atoms with E-state index in [0.717, 1.165) is 22.3 Å². The van der Waals surface area contributed by atoms with E-state index in [1.807, 2.05) is 48.5 Å². The Morgan fingerprint density at radius 2 is 1.57 bits per heavy atom. The second-order valence-electron chi connectivity index (χ2n) is 10.2. The summed E-state index contributed by atoms with van der Waals surface area (Å²) in [6.45, 7) is 1.30. The highest BCUT2D eigenvalue weighted by atomic mass is 35.5. The van der Waals surface area contributed by atoms with Crippen molar-refractivity contribution in [3.63, 3.8) is 0 Å². The third-order valence-electron chi connectivity index (χ3n) is 7.24. The van der Waals surface area contributed by atoms with Crippen molar-refractivity contribution in [1.82, 2.24) is 15.8 Å². The van der Waals surface area contributed by atoms with E-state index in [-0.39, 0.29) is 41.0 Å². The average molecular weight is 614 g/mol. The molecule has 4 aromatic carbocycles. The molecule has 5 rings (SSSR count). The summed E-state index contributed by atoms with van der Waals surface area (Å²) in [7, 11) is 0. The highest BCUT2D eigenvalue weighted by Crippen LogP contribution is 2.44. The molecule has 44 heavy (non-hydrogen) atoms. The number of aliphatic carboxylic acids is 1. The number of hydrazine groups is 1. The fourth-order valence-corrected chi connectivity index (χ4v) is 5.26. The molecule has 1 aliphatic carbocycles. The van der Waals surface area contributed by atoms with E-state index in [4.69, 9.17) is 16.3 Å². The summed E-state index contributed by atoms with van der Waals surface area (Å²) in [5.41, 5.74) is 7.02. The Kier molecular flexibility index (Phi) is 8.94. The van der Waals surface area contributed by atoms with Crippen LogP contribution in [0.1, 0.15) is 50.2 Å². The maximum absolute atomic E-state index is 13.5. The first kappa shape index (κ1) is 30.3. The molecular weight excluding hydrogens is 586 g/mol. The molecule has 11 heteroatoms. The predicted molar refractivity (Wildman–Crippen MR) is 162 cm³/mol. The van der Waals surface area contributed by atoms with E-state index >= 15 is 0 Å². The SMILES string of the molecule is C[C@H](NN(C(=O)OCC1c2ccccc2-c2ccccc21)C(=O)c1ccc(C(=O)NCc2cccc(O)c2)cc1Cl)C(=O)O. The van der Waals surface area contributed by atoms with Crippen LogP contribution in [0.5, 0.6) is 5.75 Å². The van der Waals surface area contributed by atoms with Crippen molar-refractivity contribution < 1.29 is 34.1 Å². The molecule has 4 aromatic rings. The Hall–Kier alpha value is -5.19. The third-order valence-corrected chi connectivity index (χ3v) is 7.55. The topological polar surface area (TPSA) is 145 Å². The van der Waals surface area contributed by atoms with E-state index in [2.05, 4.69) is 10.7 Å². The van der Waals surface area contributed by atoms with Gasteiger partial charge in [-0.05, 0) is 65.1 Å². The number of phenolic OH excluding ortho intramolecular Hbond substituents is 1. The van der Waals surface area contributed by atoms with Crippen LogP contribution in [0.2, 0.25) is 5.02 Å². The number of nitrogens with one attached hydrogen (secondary N) is 2. The van der Waals surface area contributed by atoms with E-state index in [1.54, 1.807) is 12.1 Å². The maximum Gasteiger partial charge on any atom is 0.431 e. The molecule has 4 N–H and O–H groups in total. The Morgan fingerprint density at radius 1 is 0.909 bits per heavy atom. The number of fused-ring (bicyclic) bond motifs is 3. The highest BCUT2D eigenvalue weighted by molar-refractivity contribution is 6.34. The molecule has 0 aromatic heterocycles. The van der Waals surface area contributed by atoms with Crippen LogP contribution < -0.4 is 10.7 Å². The number of carbonyl (C=O) groups excluding carboxylic acids is 3. The number of rotatable bonds is 9. The number of phenols is 1. The first-order valence-corrected chi connectivity index (χ1v) is 14.1. The number of nitrogens with zero attached hydrogens (tertiary/aromatic N) is 1. The van der Waals surface area contributed by atoms with Crippen molar-refractivity contribution in [2.24, 2.45) is 0 Å². The zero-order valence-corrected chi connectivity index (χ0v) is 24.2. The molecular formula is C33H28ClN3O7. The van der Waals surface area contributed by atoms with Crippen molar-refractivity contribution in [3.05, 3.63) is 124 Å². The fraction of sp³-hybridized carbons (Fsp3) is 0.152. The van der Waals surface area contributed by atoms with Gasteiger partial charge in [0, 0.05) is 18.0 Å². The standard InChI is InChI=1S/C33H28ClN3O7/c1-19(32(41)42)36-37(33(43)44-18-28-25-11-4-2-9-23(25)24-10-3-5-12-26(24)28)31(40)27-14-13-21(16-29(27)34)30(39)35-17-20-7-6-8-22(38)15-20/h2-16,19,28,36,38H,17-18H2,1H3,(H,35,39)(H,41,42)/t19-/m0/s1. The van der Waals surface area contributed by atoms with Gasteiger partial charge in [-0.2, -0.15) is 5.01 Å². The lowest BCUT2D eigenvalue weighted by atomic mass is 9.98. The number of imide groups is 1. The van der Waals surface area contributed by atoms with Crippen LogP contribution in [0.4, 0.5) is 4.79 Å².